The molecule has 116 valence electrons. The molecule has 4 nitrogen and oxygen atoms in total. The summed E-state index contributed by atoms with van der Waals surface area (Å²) in [6, 6.07) is 8.71. The van der Waals surface area contributed by atoms with E-state index in [4.69, 9.17) is 0 Å². The highest BCUT2D eigenvalue weighted by atomic mass is 16.2. The van der Waals surface area contributed by atoms with Gasteiger partial charge in [-0.15, -0.1) is 0 Å². The van der Waals surface area contributed by atoms with Gasteiger partial charge in [0.05, 0.1) is 0 Å². The van der Waals surface area contributed by atoms with E-state index in [2.05, 4.69) is 22.3 Å². The number of carbonyl (C=O) groups is 1. The number of carbonyl (C=O) groups excluding carboxylic acids is 1. The highest BCUT2D eigenvalue weighted by molar-refractivity contribution is 5.74. The van der Waals surface area contributed by atoms with Crippen LogP contribution in [0.3, 0.4) is 0 Å². The third kappa shape index (κ3) is 4.38. The van der Waals surface area contributed by atoms with Gasteiger partial charge in [-0.1, -0.05) is 31.4 Å². The molecule has 21 heavy (non-hydrogen) atoms. The summed E-state index contributed by atoms with van der Waals surface area (Å²) in [7, 11) is 5.96. The molecule has 1 aliphatic carbocycles. The molecule has 4 heteroatoms. The van der Waals surface area contributed by atoms with Crippen molar-refractivity contribution in [3.8, 4) is 0 Å². The van der Waals surface area contributed by atoms with Gasteiger partial charge in [-0.25, -0.2) is 4.79 Å². The minimum atomic E-state index is 0.0390. The standard InChI is InChI=1S/C17H27N3O/c1-19(2)16-11-7-8-14(12-16)13-18-17(21)20(3)15-9-5-4-6-10-15/h7-8,11-12,15H,4-6,9-10,13H2,1-3H3,(H,18,21). The lowest BCUT2D eigenvalue weighted by atomic mass is 9.95. The summed E-state index contributed by atoms with van der Waals surface area (Å²) in [5.41, 5.74) is 2.29. The second-order valence-electron chi connectivity index (χ2n) is 6.13. The maximum absolute atomic E-state index is 12.2. The van der Waals surface area contributed by atoms with E-state index in [1.54, 1.807) is 0 Å². The van der Waals surface area contributed by atoms with Gasteiger partial charge >= 0.3 is 6.03 Å². The average Bonchev–Trinajstić information content (AvgIpc) is 2.53. The van der Waals surface area contributed by atoms with Crippen molar-refractivity contribution in [3.05, 3.63) is 29.8 Å². The molecule has 2 amide bonds. The Kier molecular flexibility index (Phi) is 5.48. The molecule has 1 aromatic rings. The topological polar surface area (TPSA) is 35.6 Å². The molecule has 0 atom stereocenters. The molecule has 1 aliphatic rings. The number of rotatable bonds is 4. The largest absolute Gasteiger partial charge is 0.378 e. The third-order valence-corrected chi connectivity index (χ3v) is 4.31. The first-order chi connectivity index (χ1) is 10.1. The van der Waals surface area contributed by atoms with E-state index in [1.807, 2.05) is 38.2 Å². The molecule has 1 fully saturated rings. The predicted octanol–water partition coefficient (Wildman–Crippen LogP) is 3.23. The summed E-state index contributed by atoms with van der Waals surface area (Å²) in [4.78, 5) is 16.2. The van der Waals surface area contributed by atoms with Crippen molar-refractivity contribution in [1.82, 2.24) is 10.2 Å². The second-order valence-corrected chi connectivity index (χ2v) is 6.13. The molecular weight excluding hydrogens is 262 g/mol. The van der Waals surface area contributed by atoms with Crippen molar-refractivity contribution in [3.63, 3.8) is 0 Å². The number of nitrogens with one attached hydrogen (secondary N) is 1. The van der Waals surface area contributed by atoms with Crippen LogP contribution < -0.4 is 10.2 Å². The fraction of sp³-hybridized carbons (Fsp3) is 0.588. The Morgan fingerprint density at radius 3 is 2.57 bits per heavy atom. The van der Waals surface area contributed by atoms with Crippen LogP contribution >= 0.6 is 0 Å². The maximum Gasteiger partial charge on any atom is 0.317 e. The quantitative estimate of drug-likeness (QED) is 0.923. The summed E-state index contributed by atoms with van der Waals surface area (Å²) in [6.45, 7) is 0.581. The average molecular weight is 289 g/mol. The third-order valence-electron chi connectivity index (χ3n) is 4.31. The maximum atomic E-state index is 12.2. The lowest BCUT2D eigenvalue weighted by Crippen LogP contribution is -2.44. The Labute approximate surface area is 128 Å². The number of nitrogens with zero attached hydrogens (tertiary/aromatic N) is 2. The van der Waals surface area contributed by atoms with E-state index in [0.29, 0.717) is 12.6 Å². The van der Waals surface area contributed by atoms with Crippen LogP contribution in [-0.2, 0) is 6.54 Å². The zero-order chi connectivity index (χ0) is 15.2. The molecule has 0 bridgehead atoms. The number of urea groups is 1. The zero-order valence-electron chi connectivity index (χ0n) is 13.4. The zero-order valence-corrected chi connectivity index (χ0v) is 13.4. The number of amides is 2. The van der Waals surface area contributed by atoms with Crippen molar-refractivity contribution in [2.75, 3.05) is 26.0 Å². The summed E-state index contributed by atoms with van der Waals surface area (Å²) in [5, 5.41) is 3.03. The van der Waals surface area contributed by atoms with Gasteiger partial charge in [0.2, 0.25) is 0 Å². The first kappa shape index (κ1) is 15.7. The second kappa shape index (κ2) is 7.34. The fourth-order valence-electron chi connectivity index (χ4n) is 2.88. The summed E-state index contributed by atoms with van der Waals surface area (Å²) in [5.74, 6) is 0. The number of anilines is 1. The molecule has 0 saturated heterocycles. The van der Waals surface area contributed by atoms with Crippen molar-refractivity contribution >= 4 is 11.7 Å². The molecule has 0 heterocycles. The van der Waals surface area contributed by atoms with Crippen LogP contribution in [0, 0.1) is 0 Å². The Balaban J connectivity index is 1.86. The van der Waals surface area contributed by atoms with Crippen LogP contribution in [0.4, 0.5) is 10.5 Å². The molecule has 0 aromatic heterocycles. The van der Waals surface area contributed by atoms with E-state index < -0.39 is 0 Å². The number of hydrogen-bond acceptors (Lipinski definition) is 2. The van der Waals surface area contributed by atoms with Crippen molar-refractivity contribution in [2.45, 2.75) is 44.7 Å². The van der Waals surface area contributed by atoms with Gasteiger partial charge in [0.25, 0.3) is 0 Å². The van der Waals surface area contributed by atoms with Gasteiger partial charge in [0.15, 0.2) is 0 Å². The van der Waals surface area contributed by atoms with Crippen LogP contribution in [0.2, 0.25) is 0 Å². The molecule has 1 N–H and O–H groups in total. The van der Waals surface area contributed by atoms with E-state index in [1.165, 1.54) is 19.3 Å². The van der Waals surface area contributed by atoms with Gasteiger partial charge in [0, 0.05) is 39.4 Å². The smallest absolute Gasteiger partial charge is 0.317 e. The van der Waals surface area contributed by atoms with E-state index in [-0.39, 0.29) is 6.03 Å². The van der Waals surface area contributed by atoms with Crippen LogP contribution in [0.1, 0.15) is 37.7 Å². The Bertz CT molecular complexity index is 467. The Morgan fingerprint density at radius 1 is 1.19 bits per heavy atom. The van der Waals surface area contributed by atoms with E-state index in [9.17, 15) is 4.79 Å². The molecule has 0 unspecified atom stereocenters. The van der Waals surface area contributed by atoms with Gasteiger partial charge < -0.3 is 15.1 Å². The minimum Gasteiger partial charge on any atom is -0.378 e. The van der Waals surface area contributed by atoms with Crippen LogP contribution in [0.15, 0.2) is 24.3 Å². The summed E-state index contributed by atoms with van der Waals surface area (Å²) >= 11 is 0. The van der Waals surface area contributed by atoms with Crippen molar-refractivity contribution in [2.24, 2.45) is 0 Å². The van der Waals surface area contributed by atoms with Crippen LogP contribution in [0.25, 0.3) is 0 Å². The molecule has 0 spiro atoms. The van der Waals surface area contributed by atoms with Gasteiger partial charge in [-0.2, -0.15) is 0 Å². The lowest BCUT2D eigenvalue weighted by Gasteiger charge is -2.31. The highest BCUT2D eigenvalue weighted by Gasteiger charge is 2.21. The number of hydrogen-bond donors (Lipinski definition) is 1. The fourth-order valence-corrected chi connectivity index (χ4v) is 2.88. The molecule has 1 aromatic carbocycles. The molecule has 0 aliphatic heterocycles. The SMILES string of the molecule is CN(C)c1cccc(CNC(=O)N(C)C2CCCCC2)c1. The molecule has 0 radical (unpaired) electrons. The molecule has 1 saturated carbocycles. The summed E-state index contributed by atoms with van der Waals surface area (Å²) < 4.78 is 0. The van der Waals surface area contributed by atoms with Crippen LogP contribution in [-0.4, -0.2) is 38.1 Å². The minimum absolute atomic E-state index is 0.0390. The Hall–Kier alpha value is -1.71. The monoisotopic (exact) mass is 289 g/mol. The van der Waals surface area contributed by atoms with Crippen molar-refractivity contribution < 1.29 is 4.79 Å². The van der Waals surface area contributed by atoms with E-state index >= 15 is 0 Å². The highest BCUT2D eigenvalue weighted by Crippen LogP contribution is 2.21. The normalized spacial score (nSPS) is 15.6. The van der Waals surface area contributed by atoms with Crippen LogP contribution in [0.5, 0.6) is 0 Å². The van der Waals surface area contributed by atoms with E-state index in [0.717, 1.165) is 24.1 Å². The molecule has 2 rings (SSSR count). The first-order valence-corrected chi connectivity index (χ1v) is 7.85. The predicted molar refractivity (Wildman–Crippen MR) is 87.6 cm³/mol. The molecular formula is C17H27N3O. The lowest BCUT2D eigenvalue weighted by molar-refractivity contribution is 0.173. The van der Waals surface area contributed by atoms with Gasteiger partial charge in [0.1, 0.15) is 0 Å². The van der Waals surface area contributed by atoms with Crippen molar-refractivity contribution in [1.29, 1.82) is 0 Å². The first-order valence-electron chi connectivity index (χ1n) is 7.85. The van der Waals surface area contributed by atoms with Gasteiger partial charge in [-0.05, 0) is 30.5 Å². The number of benzene rings is 1. The van der Waals surface area contributed by atoms with Gasteiger partial charge in [-0.3, -0.25) is 0 Å². The summed E-state index contributed by atoms with van der Waals surface area (Å²) in [6.07, 6.45) is 6.07. The Morgan fingerprint density at radius 2 is 1.90 bits per heavy atom.